The SMILES string of the molecule is CCOc1ccc(C2CCCN2C(=O)CCn2cnc3ccccc3c2=O)cc1. The minimum Gasteiger partial charge on any atom is -0.494 e. The van der Waals surface area contributed by atoms with E-state index in [1.807, 2.05) is 54.3 Å². The van der Waals surface area contributed by atoms with E-state index < -0.39 is 0 Å². The van der Waals surface area contributed by atoms with E-state index in [0.717, 1.165) is 30.7 Å². The number of hydrogen-bond acceptors (Lipinski definition) is 4. The van der Waals surface area contributed by atoms with Crippen molar-refractivity contribution in [2.24, 2.45) is 0 Å². The number of benzene rings is 2. The van der Waals surface area contributed by atoms with E-state index in [2.05, 4.69) is 4.98 Å². The zero-order valence-corrected chi connectivity index (χ0v) is 16.6. The van der Waals surface area contributed by atoms with Crippen LogP contribution in [0.2, 0.25) is 0 Å². The van der Waals surface area contributed by atoms with Crippen LogP contribution in [0.5, 0.6) is 5.75 Å². The number of nitrogens with zero attached hydrogens (tertiary/aromatic N) is 3. The first-order valence-electron chi connectivity index (χ1n) is 10.1. The molecule has 0 aliphatic carbocycles. The van der Waals surface area contributed by atoms with Gasteiger partial charge in [-0.25, -0.2) is 4.98 Å². The first kappa shape index (κ1) is 19.2. The summed E-state index contributed by atoms with van der Waals surface area (Å²) in [7, 11) is 0. The lowest BCUT2D eigenvalue weighted by atomic mass is 10.0. The van der Waals surface area contributed by atoms with Crippen LogP contribution in [-0.2, 0) is 11.3 Å². The average Bonchev–Trinajstić information content (AvgIpc) is 3.24. The second-order valence-electron chi connectivity index (χ2n) is 7.26. The largest absolute Gasteiger partial charge is 0.494 e. The van der Waals surface area contributed by atoms with E-state index in [9.17, 15) is 9.59 Å². The topological polar surface area (TPSA) is 64.4 Å². The van der Waals surface area contributed by atoms with Crippen molar-refractivity contribution in [3.63, 3.8) is 0 Å². The zero-order valence-electron chi connectivity index (χ0n) is 16.6. The highest BCUT2D eigenvalue weighted by atomic mass is 16.5. The van der Waals surface area contributed by atoms with Crippen LogP contribution in [0.1, 0.15) is 37.8 Å². The summed E-state index contributed by atoms with van der Waals surface area (Å²) >= 11 is 0. The predicted octanol–water partition coefficient (Wildman–Crippen LogP) is 3.55. The molecular weight excluding hydrogens is 366 g/mol. The van der Waals surface area contributed by atoms with E-state index in [0.29, 0.717) is 24.1 Å². The molecule has 0 N–H and O–H groups in total. The van der Waals surface area contributed by atoms with Crippen molar-refractivity contribution >= 4 is 16.8 Å². The van der Waals surface area contributed by atoms with Crippen LogP contribution in [0.15, 0.2) is 59.7 Å². The number of rotatable bonds is 6. The van der Waals surface area contributed by atoms with Gasteiger partial charge in [-0.3, -0.25) is 14.2 Å². The van der Waals surface area contributed by atoms with Crippen LogP contribution >= 0.6 is 0 Å². The third-order valence-electron chi connectivity index (χ3n) is 5.45. The number of para-hydroxylation sites is 1. The number of fused-ring (bicyclic) bond motifs is 1. The van der Waals surface area contributed by atoms with E-state index >= 15 is 0 Å². The maximum atomic E-state index is 12.9. The molecule has 1 fully saturated rings. The molecule has 2 heterocycles. The molecule has 0 spiro atoms. The number of hydrogen-bond donors (Lipinski definition) is 0. The standard InChI is InChI=1S/C23H25N3O3/c1-2-29-18-11-9-17(10-12-18)21-8-5-14-26(21)22(27)13-15-25-16-24-20-7-4-3-6-19(20)23(25)28/h3-4,6-7,9-12,16,21H,2,5,8,13-15H2,1H3. The van der Waals surface area contributed by atoms with E-state index in [1.54, 1.807) is 6.07 Å². The Morgan fingerprint density at radius 3 is 2.76 bits per heavy atom. The van der Waals surface area contributed by atoms with Crippen LogP contribution in [0.25, 0.3) is 10.9 Å². The van der Waals surface area contributed by atoms with E-state index in [-0.39, 0.29) is 23.9 Å². The molecule has 0 bridgehead atoms. The monoisotopic (exact) mass is 391 g/mol. The molecule has 4 rings (SSSR count). The van der Waals surface area contributed by atoms with E-state index in [1.165, 1.54) is 10.9 Å². The molecule has 1 saturated heterocycles. The fourth-order valence-corrected chi connectivity index (χ4v) is 3.99. The second kappa shape index (κ2) is 8.47. The Hall–Kier alpha value is -3.15. The molecule has 1 unspecified atom stereocenters. The Balaban J connectivity index is 1.45. The lowest BCUT2D eigenvalue weighted by molar-refractivity contribution is -0.132. The van der Waals surface area contributed by atoms with Crippen molar-refractivity contribution in [1.82, 2.24) is 14.5 Å². The summed E-state index contributed by atoms with van der Waals surface area (Å²) in [5.74, 6) is 0.914. The summed E-state index contributed by atoms with van der Waals surface area (Å²) in [4.78, 5) is 31.8. The molecule has 2 aromatic carbocycles. The molecule has 3 aromatic rings. The maximum absolute atomic E-state index is 12.9. The molecule has 6 nitrogen and oxygen atoms in total. The number of aryl methyl sites for hydroxylation is 1. The second-order valence-corrected chi connectivity index (χ2v) is 7.26. The van der Waals surface area contributed by atoms with Gasteiger partial charge >= 0.3 is 0 Å². The smallest absolute Gasteiger partial charge is 0.261 e. The van der Waals surface area contributed by atoms with Crippen molar-refractivity contribution in [1.29, 1.82) is 0 Å². The number of likely N-dealkylation sites (tertiary alicyclic amines) is 1. The van der Waals surface area contributed by atoms with Gasteiger partial charge in [-0.1, -0.05) is 24.3 Å². The lowest BCUT2D eigenvalue weighted by Crippen LogP contribution is -2.32. The van der Waals surface area contributed by atoms with Gasteiger partial charge in [0.2, 0.25) is 5.91 Å². The minimum absolute atomic E-state index is 0.0708. The van der Waals surface area contributed by atoms with Gasteiger partial charge in [0.1, 0.15) is 5.75 Å². The van der Waals surface area contributed by atoms with E-state index in [4.69, 9.17) is 4.74 Å². The van der Waals surface area contributed by atoms with Crippen LogP contribution in [-0.4, -0.2) is 33.5 Å². The molecule has 1 aromatic heterocycles. The average molecular weight is 391 g/mol. The lowest BCUT2D eigenvalue weighted by Gasteiger charge is -2.25. The summed E-state index contributed by atoms with van der Waals surface area (Å²) < 4.78 is 7.04. The van der Waals surface area contributed by atoms with Crippen LogP contribution in [0.3, 0.4) is 0 Å². The number of amides is 1. The van der Waals surface area contributed by atoms with Gasteiger partial charge in [0.15, 0.2) is 0 Å². The molecule has 1 aliphatic rings. The van der Waals surface area contributed by atoms with Crippen LogP contribution in [0, 0.1) is 0 Å². The molecular formula is C23H25N3O3. The number of aromatic nitrogens is 2. The Morgan fingerprint density at radius 2 is 1.97 bits per heavy atom. The van der Waals surface area contributed by atoms with Gasteiger partial charge in [0, 0.05) is 19.5 Å². The highest BCUT2D eigenvalue weighted by Crippen LogP contribution is 2.33. The van der Waals surface area contributed by atoms with Crippen molar-refractivity contribution in [2.45, 2.75) is 38.8 Å². The van der Waals surface area contributed by atoms with Crippen molar-refractivity contribution in [2.75, 3.05) is 13.2 Å². The quantitative estimate of drug-likeness (QED) is 0.645. The van der Waals surface area contributed by atoms with Crippen molar-refractivity contribution < 1.29 is 9.53 Å². The fraction of sp³-hybridized carbons (Fsp3) is 0.348. The normalized spacial score (nSPS) is 16.3. The third kappa shape index (κ3) is 4.01. The Labute approximate surface area is 169 Å². The van der Waals surface area contributed by atoms with Crippen LogP contribution < -0.4 is 10.3 Å². The summed E-state index contributed by atoms with van der Waals surface area (Å²) in [6, 6.07) is 15.4. The Morgan fingerprint density at radius 1 is 1.17 bits per heavy atom. The number of carbonyl (C=O) groups is 1. The maximum Gasteiger partial charge on any atom is 0.261 e. The summed E-state index contributed by atoms with van der Waals surface area (Å²) in [5, 5.41) is 0.580. The summed E-state index contributed by atoms with van der Waals surface area (Å²) in [6.45, 7) is 3.68. The molecule has 1 aliphatic heterocycles. The van der Waals surface area contributed by atoms with Gasteiger partial charge < -0.3 is 9.64 Å². The first-order chi connectivity index (χ1) is 14.2. The molecule has 1 atom stereocenters. The first-order valence-corrected chi connectivity index (χ1v) is 10.1. The van der Waals surface area contributed by atoms with Crippen LogP contribution in [0.4, 0.5) is 0 Å². The van der Waals surface area contributed by atoms with Gasteiger partial charge in [0.05, 0.1) is 29.9 Å². The molecule has 6 heteroatoms. The van der Waals surface area contributed by atoms with Gasteiger partial charge in [-0.2, -0.15) is 0 Å². The number of carbonyl (C=O) groups excluding carboxylic acids is 1. The molecule has 0 saturated carbocycles. The Bertz CT molecular complexity index is 1060. The highest BCUT2D eigenvalue weighted by molar-refractivity contribution is 5.78. The van der Waals surface area contributed by atoms with Gasteiger partial charge in [-0.05, 0) is 49.6 Å². The molecule has 29 heavy (non-hydrogen) atoms. The third-order valence-corrected chi connectivity index (χ3v) is 5.45. The molecule has 1 amide bonds. The number of ether oxygens (including phenoxy) is 1. The molecule has 150 valence electrons. The molecule has 0 radical (unpaired) electrons. The zero-order chi connectivity index (χ0) is 20.2. The fourth-order valence-electron chi connectivity index (χ4n) is 3.99. The summed E-state index contributed by atoms with van der Waals surface area (Å²) in [5.41, 5.74) is 1.70. The summed E-state index contributed by atoms with van der Waals surface area (Å²) in [6.07, 6.45) is 3.76. The Kier molecular flexibility index (Phi) is 5.60. The highest BCUT2D eigenvalue weighted by Gasteiger charge is 2.29. The predicted molar refractivity (Wildman–Crippen MR) is 112 cm³/mol. The van der Waals surface area contributed by atoms with Crippen molar-refractivity contribution in [3.8, 4) is 5.75 Å². The van der Waals surface area contributed by atoms with Crippen molar-refractivity contribution in [3.05, 3.63) is 70.8 Å². The minimum atomic E-state index is -0.104. The van der Waals surface area contributed by atoms with Gasteiger partial charge in [-0.15, -0.1) is 0 Å². The van der Waals surface area contributed by atoms with Gasteiger partial charge in [0.25, 0.3) is 5.56 Å².